The van der Waals surface area contributed by atoms with Gasteiger partial charge in [0.1, 0.15) is 11.5 Å². The van der Waals surface area contributed by atoms with Gasteiger partial charge in [-0.05, 0) is 97.3 Å². The molecule has 0 spiro atoms. The van der Waals surface area contributed by atoms with Crippen molar-refractivity contribution in [3.05, 3.63) is 61.1 Å². The number of halogens is 3. The molecular formula is C17H17Br2IO2. The Kier molecular flexibility index (Phi) is 8.49. The van der Waals surface area contributed by atoms with Crippen LogP contribution in [0.4, 0.5) is 0 Å². The highest BCUT2D eigenvalue weighted by molar-refractivity contribution is 14.1. The van der Waals surface area contributed by atoms with E-state index in [2.05, 4.69) is 61.0 Å². The average molecular weight is 540 g/mol. The van der Waals surface area contributed by atoms with Crippen molar-refractivity contribution in [1.82, 2.24) is 0 Å². The van der Waals surface area contributed by atoms with Gasteiger partial charge in [-0.1, -0.05) is 18.2 Å². The summed E-state index contributed by atoms with van der Waals surface area (Å²) in [6.45, 7) is 5.83. The third-order valence-corrected chi connectivity index (χ3v) is 4.74. The lowest BCUT2D eigenvalue weighted by molar-refractivity contribution is 0.412. The lowest BCUT2D eigenvalue weighted by Crippen LogP contribution is -1.86. The van der Waals surface area contributed by atoms with Crippen LogP contribution in [0.25, 0.3) is 5.57 Å². The summed E-state index contributed by atoms with van der Waals surface area (Å²) in [7, 11) is 3.32. The fraction of sp³-hybridized carbons (Fsp3) is 0.176. The van der Waals surface area contributed by atoms with Crippen LogP contribution in [0.15, 0.2) is 51.9 Å². The average Bonchev–Trinajstić information content (AvgIpc) is 2.50. The smallest absolute Gasteiger partial charge is 0.134 e. The van der Waals surface area contributed by atoms with E-state index in [-0.39, 0.29) is 0 Å². The largest absolute Gasteiger partial charge is 0.496 e. The number of benzene rings is 2. The van der Waals surface area contributed by atoms with Gasteiger partial charge >= 0.3 is 0 Å². The van der Waals surface area contributed by atoms with E-state index in [1.807, 2.05) is 43.3 Å². The Morgan fingerprint density at radius 3 is 1.91 bits per heavy atom. The molecule has 118 valence electrons. The van der Waals surface area contributed by atoms with Crippen LogP contribution in [-0.2, 0) is 0 Å². The van der Waals surface area contributed by atoms with E-state index < -0.39 is 0 Å². The Morgan fingerprint density at radius 1 is 0.955 bits per heavy atom. The molecule has 0 saturated carbocycles. The molecule has 0 fully saturated rings. The normalized spacial score (nSPS) is 9.55. The Bertz CT molecular complexity index is 657. The van der Waals surface area contributed by atoms with Crippen molar-refractivity contribution >= 4 is 60.0 Å². The van der Waals surface area contributed by atoms with Crippen LogP contribution >= 0.6 is 54.5 Å². The SMILES string of the molecule is C=C(C)c1ccc(Br)c(OC)c1.COc1cc(I)ccc1Br. The summed E-state index contributed by atoms with van der Waals surface area (Å²) in [5.41, 5.74) is 2.15. The molecule has 0 heterocycles. The maximum absolute atomic E-state index is 5.15. The predicted molar refractivity (Wildman–Crippen MR) is 109 cm³/mol. The van der Waals surface area contributed by atoms with Crippen LogP contribution in [0.3, 0.4) is 0 Å². The highest BCUT2D eigenvalue weighted by atomic mass is 127. The maximum atomic E-state index is 5.15. The van der Waals surface area contributed by atoms with Gasteiger partial charge in [-0.2, -0.15) is 0 Å². The topological polar surface area (TPSA) is 18.5 Å². The minimum Gasteiger partial charge on any atom is -0.496 e. The molecule has 2 rings (SSSR count). The van der Waals surface area contributed by atoms with Crippen molar-refractivity contribution in [2.75, 3.05) is 14.2 Å². The van der Waals surface area contributed by atoms with E-state index >= 15 is 0 Å². The van der Waals surface area contributed by atoms with Crippen molar-refractivity contribution < 1.29 is 9.47 Å². The molecule has 2 aromatic carbocycles. The second-order valence-electron chi connectivity index (χ2n) is 4.41. The van der Waals surface area contributed by atoms with Crippen molar-refractivity contribution in [3.63, 3.8) is 0 Å². The summed E-state index contributed by atoms with van der Waals surface area (Å²) in [5, 5.41) is 0. The molecule has 0 aromatic heterocycles. The Balaban J connectivity index is 0.000000224. The molecule has 0 bridgehead atoms. The molecule has 22 heavy (non-hydrogen) atoms. The molecular weight excluding hydrogens is 523 g/mol. The van der Waals surface area contributed by atoms with Crippen LogP contribution in [-0.4, -0.2) is 14.2 Å². The zero-order valence-corrected chi connectivity index (χ0v) is 18.0. The van der Waals surface area contributed by atoms with Crippen LogP contribution < -0.4 is 9.47 Å². The second-order valence-corrected chi connectivity index (χ2v) is 7.36. The summed E-state index contributed by atoms with van der Waals surface area (Å²) in [5.74, 6) is 1.72. The minimum atomic E-state index is 0.843. The first-order chi connectivity index (χ1) is 10.4. The number of ether oxygens (including phenoxy) is 2. The Morgan fingerprint density at radius 2 is 1.45 bits per heavy atom. The monoisotopic (exact) mass is 538 g/mol. The van der Waals surface area contributed by atoms with Gasteiger partial charge in [0.2, 0.25) is 0 Å². The van der Waals surface area contributed by atoms with Crippen molar-refractivity contribution in [2.45, 2.75) is 6.92 Å². The van der Waals surface area contributed by atoms with Crippen molar-refractivity contribution in [3.8, 4) is 11.5 Å². The minimum absolute atomic E-state index is 0.843. The first kappa shape index (κ1) is 19.5. The fourth-order valence-electron chi connectivity index (χ4n) is 1.56. The fourth-order valence-corrected chi connectivity index (χ4v) is 2.84. The highest BCUT2D eigenvalue weighted by Crippen LogP contribution is 2.28. The standard InChI is InChI=1S/C10H11BrO.C7H6BrIO/c1-7(2)8-4-5-9(11)10(6-8)12-3;1-10-7-4-5(9)2-3-6(7)8/h4-6H,1H2,2-3H3;2-4H,1H3. The van der Waals surface area contributed by atoms with Crippen LogP contribution in [0.1, 0.15) is 12.5 Å². The summed E-state index contributed by atoms with van der Waals surface area (Å²) in [6.07, 6.45) is 0. The zero-order valence-electron chi connectivity index (χ0n) is 12.6. The molecule has 5 heteroatoms. The molecule has 2 aromatic rings. The van der Waals surface area contributed by atoms with E-state index in [0.29, 0.717) is 0 Å². The third kappa shape index (κ3) is 5.93. The lowest BCUT2D eigenvalue weighted by atomic mass is 10.1. The molecule has 0 radical (unpaired) electrons. The predicted octanol–water partition coefficient (Wildman–Crippen LogP) is 6.55. The summed E-state index contributed by atoms with van der Waals surface area (Å²) < 4.78 is 13.4. The van der Waals surface area contributed by atoms with Crippen molar-refractivity contribution in [1.29, 1.82) is 0 Å². The van der Waals surface area contributed by atoms with E-state index in [9.17, 15) is 0 Å². The molecule has 0 N–H and O–H groups in total. The van der Waals surface area contributed by atoms with Gasteiger partial charge in [-0.25, -0.2) is 0 Å². The van der Waals surface area contributed by atoms with Gasteiger partial charge in [-0.15, -0.1) is 0 Å². The number of rotatable bonds is 3. The van der Waals surface area contributed by atoms with Gasteiger partial charge in [0.25, 0.3) is 0 Å². The highest BCUT2D eigenvalue weighted by Gasteiger charge is 2.01. The van der Waals surface area contributed by atoms with E-state index in [1.54, 1.807) is 14.2 Å². The maximum Gasteiger partial charge on any atom is 0.134 e. The van der Waals surface area contributed by atoms with Gasteiger partial charge in [0, 0.05) is 3.57 Å². The van der Waals surface area contributed by atoms with Crippen LogP contribution in [0.5, 0.6) is 11.5 Å². The summed E-state index contributed by atoms with van der Waals surface area (Å²) >= 11 is 8.99. The third-order valence-electron chi connectivity index (χ3n) is 2.76. The van der Waals surface area contributed by atoms with Gasteiger partial charge in [0.15, 0.2) is 0 Å². The molecule has 0 atom stereocenters. The number of methoxy groups -OCH3 is 2. The molecule has 0 aliphatic heterocycles. The molecule has 0 saturated heterocycles. The molecule has 0 unspecified atom stereocenters. The first-order valence-electron chi connectivity index (χ1n) is 6.37. The number of hydrogen-bond donors (Lipinski definition) is 0. The van der Waals surface area contributed by atoms with Crippen LogP contribution in [0.2, 0.25) is 0 Å². The Hall–Kier alpha value is -0.530. The van der Waals surface area contributed by atoms with E-state index in [0.717, 1.165) is 31.6 Å². The summed E-state index contributed by atoms with van der Waals surface area (Å²) in [6, 6.07) is 11.9. The number of hydrogen-bond acceptors (Lipinski definition) is 2. The first-order valence-corrected chi connectivity index (χ1v) is 9.04. The Labute approximate surface area is 162 Å². The molecule has 2 nitrogen and oxygen atoms in total. The lowest BCUT2D eigenvalue weighted by Gasteiger charge is -2.05. The van der Waals surface area contributed by atoms with E-state index in [4.69, 9.17) is 9.47 Å². The zero-order chi connectivity index (χ0) is 16.7. The van der Waals surface area contributed by atoms with Gasteiger partial charge in [0.05, 0.1) is 23.2 Å². The van der Waals surface area contributed by atoms with Crippen LogP contribution in [0, 0.1) is 3.57 Å². The molecule has 0 amide bonds. The number of allylic oxidation sites excluding steroid dienone is 1. The second kappa shape index (κ2) is 9.57. The van der Waals surface area contributed by atoms with Gasteiger partial charge in [-0.3, -0.25) is 0 Å². The van der Waals surface area contributed by atoms with Gasteiger partial charge < -0.3 is 9.47 Å². The summed E-state index contributed by atoms with van der Waals surface area (Å²) in [4.78, 5) is 0. The van der Waals surface area contributed by atoms with E-state index in [1.165, 1.54) is 3.57 Å². The molecule has 0 aliphatic carbocycles. The quantitative estimate of drug-likeness (QED) is 0.412. The molecule has 0 aliphatic rings. The van der Waals surface area contributed by atoms with Crippen molar-refractivity contribution in [2.24, 2.45) is 0 Å².